The van der Waals surface area contributed by atoms with Gasteiger partial charge >= 0.3 is 0 Å². The van der Waals surface area contributed by atoms with E-state index in [1.807, 2.05) is 24.3 Å². The smallest absolute Gasteiger partial charge is 0.170 e. The van der Waals surface area contributed by atoms with Gasteiger partial charge in [-0.15, -0.1) is 0 Å². The van der Waals surface area contributed by atoms with Crippen LogP contribution < -0.4 is 5.73 Å². The number of oxime groups is 1. The zero-order valence-electron chi connectivity index (χ0n) is 12.3. The molecule has 0 aliphatic carbocycles. The lowest BCUT2D eigenvalue weighted by atomic mass is 10.1. The van der Waals surface area contributed by atoms with Crippen LogP contribution in [0.15, 0.2) is 29.4 Å². The summed E-state index contributed by atoms with van der Waals surface area (Å²) in [6, 6.07) is 8.43. The standard InChI is InChI=1S/C15H24N4O/c1-3-19-9-8-18(10-12(19)2)11-13-6-4-5-7-14(13)15(16)17-20/h4-7,12,20H,3,8-11H2,1-2H3,(H2,16,17). The molecule has 1 aromatic carbocycles. The lowest BCUT2D eigenvalue weighted by Gasteiger charge is -2.39. The Morgan fingerprint density at radius 1 is 1.40 bits per heavy atom. The molecule has 1 fully saturated rings. The number of nitrogens with zero attached hydrogens (tertiary/aromatic N) is 3. The highest BCUT2D eigenvalue weighted by molar-refractivity contribution is 5.98. The molecule has 0 saturated carbocycles. The molecule has 1 aromatic rings. The van der Waals surface area contributed by atoms with Crippen molar-refractivity contribution in [2.24, 2.45) is 10.9 Å². The highest BCUT2D eigenvalue weighted by Crippen LogP contribution is 2.15. The van der Waals surface area contributed by atoms with Crippen LogP contribution >= 0.6 is 0 Å². The molecular weight excluding hydrogens is 252 g/mol. The molecule has 0 aromatic heterocycles. The number of likely N-dealkylation sites (N-methyl/N-ethyl adjacent to an activating group) is 1. The second-order valence-corrected chi connectivity index (χ2v) is 5.36. The lowest BCUT2D eigenvalue weighted by molar-refractivity contribution is 0.0834. The third kappa shape index (κ3) is 3.29. The number of piperazine rings is 1. The maximum absolute atomic E-state index is 8.87. The summed E-state index contributed by atoms with van der Waals surface area (Å²) in [5.74, 6) is 0.181. The van der Waals surface area contributed by atoms with Crippen LogP contribution in [-0.4, -0.2) is 53.1 Å². The summed E-state index contributed by atoms with van der Waals surface area (Å²) in [5, 5.41) is 12.0. The van der Waals surface area contributed by atoms with Crippen LogP contribution in [0.5, 0.6) is 0 Å². The normalized spacial score (nSPS) is 22.1. The van der Waals surface area contributed by atoms with E-state index in [1.165, 1.54) is 0 Å². The molecule has 110 valence electrons. The molecule has 0 amide bonds. The Bertz CT molecular complexity index is 475. The topological polar surface area (TPSA) is 65.1 Å². The number of hydrogen-bond acceptors (Lipinski definition) is 4. The monoisotopic (exact) mass is 276 g/mol. The predicted molar refractivity (Wildman–Crippen MR) is 80.9 cm³/mol. The first-order chi connectivity index (χ1) is 9.65. The zero-order chi connectivity index (χ0) is 14.5. The Balaban J connectivity index is 2.08. The van der Waals surface area contributed by atoms with Crippen LogP contribution in [0.1, 0.15) is 25.0 Å². The van der Waals surface area contributed by atoms with Gasteiger partial charge in [-0.2, -0.15) is 0 Å². The first kappa shape index (κ1) is 14.8. The van der Waals surface area contributed by atoms with Gasteiger partial charge in [0.2, 0.25) is 0 Å². The minimum absolute atomic E-state index is 0.181. The molecular formula is C15H24N4O. The van der Waals surface area contributed by atoms with Crippen molar-refractivity contribution in [1.82, 2.24) is 9.80 Å². The summed E-state index contributed by atoms with van der Waals surface area (Å²) in [6.45, 7) is 9.64. The zero-order valence-corrected chi connectivity index (χ0v) is 12.3. The number of nitrogens with two attached hydrogens (primary N) is 1. The van der Waals surface area contributed by atoms with E-state index in [0.717, 1.165) is 43.9 Å². The number of amidine groups is 1. The Kier molecular flexibility index (Phi) is 4.98. The molecule has 20 heavy (non-hydrogen) atoms. The largest absolute Gasteiger partial charge is 0.409 e. The SMILES string of the molecule is CCN1CCN(Cc2ccccc2C(N)=NO)CC1C. The van der Waals surface area contributed by atoms with Crippen molar-refractivity contribution in [3.63, 3.8) is 0 Å². The maximum atomic E-state index is 8.87. The second kappa shape index (κ2) is 6.72. The number of benzene rings is 1. The first-order valence-electron chi connectivity index (χ1n) is 7.18. The molecule has 5 heteroatoms. The van der Waals surface area contributed by atoms with Gasteiger partial charge in [-0.05, 0) is 19.0 Å². The van der Waals surface area contributed by atoms with Crippen molar-refractivity contribution < 1.29 is 5.21 Å². The van der Waals surface area contributed by atoms with Crippen LogP contribution in [0.4, 0.5) is 0 Å². The van der Waals surface area contributed by atoms with Gasteiger partial charge in [0.15, 0.2) is 5.84 Å². The summed E-state index contributed by atoms with van der Waals surface area (Å²) in [6.07, 6.45) is 0. The van der Waals surface area contributed by atoms with Gasteiger partial charge in [0.25, 0.3) is 0 Å². The Morgan fingerprint density at radius 3 is 2.80 bits per heavy atom. The first-order valence-corrected chi connectivity index (χ1v) is 7.18. The summed E-state index contributed by atoms with van der Waals surface area (Å²) in [7, 11) is 0. The van der Waals surface area contributed by atoms with Crippen LogP contribution in [0.25, 0.3) is 0 Å². The Hall–Kier alpha value is -1.59. The molecule has 1 heterocycles. The van der Waals surface area contributed by atoms with E-state index in [2.05, 4.69) is 28.8 Å². The molecule has 1 unspecified atom stereocenters. The van der Waals surface area contributed by atoms with E-state index < -0.39 is 0 Å². The van der Waals surface area contributed by atoms with Crippen molar-refractivity contribution in [1.29, 1.82) is 0 Å². The molecule has 0 spiro atoms. The molecule has 0 bridgehead atoms. The van der Waals surface area contributed by atoms with Crippen molar-refractivity contribution >= 4 is 5.84 Å². The van der Waals surface area contributed by atoms with E-state index in [1.54, 1.807) is 0 Å². The van der Waals surface area contributed by atoms with Crippen molar-refractivity contribution in [2.75, 3.05) is 26.2 Å². The summed E-state index contributed by atoms with van der Waals surface area (Å²) in [4.78, 5) is 4.92. The fraction of sp³-hybridized carbons (Fsp3) is 0.533. The quantitative estimate of drug-likeness (QED) is 0.377. The molecule has 2 rings (SSSR count). The van der Waals surface area contributed by atoms with E-state index in [4.69, 9.17) is 10.9 Å². The second-order valence-electron chi connectivity index (χ2n) is 5.36. The fourth-order valence-electron chi connectivity index (χ4n) is 2.89. The van der Waals surface area contributed by atoms with E-state index in [9.17, 15) is 0 Å². The Labute approximate surface area is 120 Å². The number of hydrogen-bond donors (Lipinski definition) is 2. The van der Waals surface area contributed by atoms with Gasteiger partial charge in [-0.3, -0.25) is 9.80 Å². The Morgan fingerprint density at radius 2 is 2.15 bits per heavy atom. The third-order valence-corrected chi connectivity index (χ3v) is 4.05. The van der Waals surface area contributed by atoms with Crippen molar-refractivity contribution in [2.45, 2.75) is 26.4 Å². The molecule has 1 aliphatic heterocycles. The summed E-state index contributed by atoms with van der Waals surface area (Å²) in [5.41, 5.74) is 7.68. The number of rotatable bonds is 4. The van der Waals surface area contributed by atoms with Crippen LogP contribution in [0.2, 0.25) is 0 Å². The van der Waals surface area contributed by atoms with Gasteiger partial charge in [-0.25, -0.2) is 0 Å². The van der Waals surface area contributed by atoms with Gasteiger partial charge in [-0.1, -0.05) is 36.3 Å². The molecule has 1 saturated heterocycles. The molecule has 1 aliphatic rings. The highest BCUT2D eigenvalue weighted by Gasteiger charge is 2.22. The predicted octanol–water partition coefficient (Wildman–Crippen LogP) is 1.31. The maximum Gasteiger partial charge on any atom is 0.170 e. The fourth-order valence-corrected chi connectivity index (χ4v) is 2.89. The van der Waals surface area contributed by atoms with Gasteiger partial charge in [0.05, 0.1) is 0 Å². The molecule has 5 nitrogen and oxygen atoms in total. The summed E-state index contributed by atoms with van der Waals surface area (Å²) >= 11 is 0. The minimum Gasteiger partial charge on any atom is -0.409 e. The van der Waals surface area contributed by atoms with Crippen LogP contribution in [0.3, 0.4) is 0 Å². The van der Waals surface area contributed by atoms with Gasteiger partial charge < -0.3 is 10.9 Å². The minimum atomic E-state index is 0.181. The average molecular weight is 276 g/mol. The van der Waals surface area contributed by atoms with Crippen LogP contribution in [-0.2, 0) is 6.54 Å². The highest BCUT2D eigenvalue weighted by atomic mass is 16.4. The summed E-state index contributed by atoms with van der Waals surface area (Å²) < 4.78 is 0. The third-order valence-electron chi connectivity index (χ3n) is 4.05. The molecule has 0 radical (unpaired) electrons. The van der Waals surface area contributed by atoms with E-state index >= 15 is 0 Å². The van der Waals surface area contributed by atoms with Gasteiger partial charge in [0, 0.05) is 37.8 Å². The van der Waals surface area contributed by atoms with Crippen molar-refractivity contribution in [3.8, 4) is 0 Å². The van der Waals surface area contributed by atoms with E-state index in [-0.39, 0.29) is 5.84 Å². The molecule has 3 N–H and O–H groups in total. The van der Waals surface area contributed by atoms with Crippen LogP contribution in [0, 0.1) is 0 Å². The lowest BCUT2D eigenvalue weighted by Crippen LogP contribution is -2.51. The molecule has 1 atom stereocenters. The van der Waals surface area contributed by atoms with Gasteiger partial charge in [0.1, 0.15) is 0 Å². The van der Waals surface area contributed by atoms with Crippen molar-refractivity contribution in [3.05, 3.63) is 35.4 Å². The average Bonchev–Trinajstić information content (AvgIpc) is 2.47. The van der Waals surface area contributed by atoms with E-state index in [0.29, 0.717) is 6.04 Å².